The number of carboxylic acids is 1. The molecule has 0 saturated carbocycles. The number of carboxylic acid groups (broad SMARTS) is 1. The summed E-state index contributed by atoms with van der Waals surface area (Å²) in [6.07, 6.45) is -2.37. The molecule has 2 aromatic carbocycles. The molecule has 0 aliphatic carbocycles. The van der Waals surface area contributed by atoms with Gasteiger partial charge in [0.2, 0.25) is 9.84 Å². The van der Waals surface area contributed by atoms with Crippen LogP contribution in [-0.2, 0) is 14.6 Å². The summed E-state index contributed by atoms with van der Waals surface area (Å²) >= 11 is 0. The van der Waals surface area contributed by atoms with Crippen molar-refractivity contribution in [2.45, 2.75) is 11.8 Å². The van der Waals surface area contributed by atoms with Crippen molar-refractivity contribution in [3.63, 3.8) is 0 Å². The number of aryl methyl sites for hydroxylation is 1. The van der Waals surface area contributed by atoms with Gasteiger partial charge in [-0.2, -0.15) is 8.78 Å². The molecule has 0 fully saturated rings. The van der Waals surface area contributed by atoms with E-state index in [1.54, 1.807) is 0 Å². The van der Waals surface area contributed by atoms with Gasteiger partial charge in [0.1, 0.15) is 11.4 Å². The summed E-state index contributed by atoms with van der Waals surface area (Å²) in [7, 11) is -4.11. The van der Waals surface area contributed by atoms with E-state index in [9.17, 15) is 26.4 Å². The zero-order chi connectivity index (χ0) is 19.6. The van der Waals surface area contributed by atoms with Gasteiger partial charge in [-0.3, -0.25) is 0 Å². The van der Waals surface area contributed by atoms with Crippen molar-refractivity contribution in [2.24, 2.45) is 0 Å². The predicted molar refractivity (Wildman–Crippen MR) is 90.6 cm³/mol. The SMILES string of the molecule is C=C(c1ccc(C(C(=O)O)=C(F)F)cc1)S(=O)(=O)c1ccc(C)c(F)c1. The Morgan fingerprint density at radius 1 is 1.04 bits per heavy atom. The van der Waals surface area contributed by atoms with Crippen LogP contribution >= 0.6 is 0 Å². The molecule has 0 unspecified atom stereocenters. The Labute approximate surface area is 147 Å². The van der Waals surface area contributed by atoms with Gasteiger partial charge in [0.15, 0.2) is 0 Å². The fourth-order valence-electron chi connectivity index (χ4n) is 2.17. The highest BCUT2D eigenvalue weighted by Gasteiger charge is 2.23. The van der Waals surface area contributed by atoms with E-state index in [-0.39, 0.29) is 26.5 Å². The van der Waals surface area contributed by atoms with Crippen molar-refractivity contribution < 1.29 is 31.5 Å². The lowest BCUT2D eigenvalue weighted by molar-refractivity contribution is -0.130. The minimum Gasteiger partial charge on any atom is -0.477 e. The first-order valence-corrected chi connectivity index (χ1v) is 8.63. The highest BCUT2D eigenvalue weighted by atomic mass is 32.2. The third kappa shape index (κ3) is 3.70. The molecule has 8 heteroatoms. The molecule has 0 bridgehead atoms. The van der Waals surface area contributed by atoms with Gasteiger partial charge < -0.3 is 5.11 Å². The van der Waals surface area contributed by atoms with Crippen LogP contribution in [0.1, 0.15) is 16.7 Å². The highest BCUT2D eigenvalue weighted by molar-refractivity contribution is 8.00. The van der Waals surface area contributed by atoms with Gasteiger partial charge in [-0.1, -0.05) is 36.9 Å². The predicted octanol–water partition coefficient (Wildman–Crippen LogP) is 4.27. The Morgan fingerprint density at radius 2 is 1.58 bits per heavy atom. The Balaban J connectivity index is 2.42. The molecule has 2 aromatic rings. The Kier molecular flexibility index (Phi) is 5.36. The molecule has 26 heavy (non-hydrogen) atoms. The molecule has 4 nitrogen and oxygen atoms in total. The van der Waals surface area contributed by atoms with Gasteiger partial charge in [0.05, 0.1) is 9.80 Å². The Hall–Kier alpha value is -2.87. The van der Waals surface area contributed by atoms with Crippen LogP contribution in [-0.4, -0.2) is 19.5 Å². The number of rotatable bonds is 5. The van der Waals surface area contributed by atoms with E-state index in [1.807, 2.05) is 0 Å². The molecule has 0 saturated heterocycles. The van der Waals surface area contributed by atoms with Crippen molar-refractivity contribution in [2.75, 3.05) is 0 Å². The summed E-state index contributed by atoms with van der Waals surface area (Å²) in [6, 6.07) is 7.83. The van der Waals surface area contributed by atoms with Crippen molar-refractivity contribution in [1.82, 2.24) is 0 Å². The van der Waals surface area contributed by atoms with E-state index in [1.165, 1.54) is 19.1 Å². The zero-order valence-electron chi connectivity index (χ0n) is 13.5. The Morgan fingerprint density at radius 3 is 2.04 bits per heavy atom. The number of benzene rings is 2. The van der Waals surface area contributed by atoms with Crippen LogP contribution in [0.2, 0.25) is 0 Å². The van der Waals surface area contributed by atoms with E-state index in [0.717, 1.165) is 30.3 Å². The van der Waals surface area contributed by atoms with Crippen molar-refractivity contribution in [3.8, 4) is 0 Å². The average molecular weight is 382 g/mol. The van der Waals surface area contributed by atoms with Crippen molar-refractivity contribution in [3.05, 3.63) is 77.6 Å². The number of sulfone groups is 1. The fraction of sp³-hybridized carbons (Fsp3) is 0.0556. The van der Waals surface area contributed by atoms with Gasteiger partial charge in [0.25, 0.3) is 6.08 Å². The summed E-state index contributed by atoms with van der Waals surface area (Å²) in [4.78, 5) is 10.2. The molecule has 0 radical (unpaired) electrons. The molecule has 2 rings (SSSR count). The molecule has 0 heterocycles. The monoisotopic (exact) mass is 382 g/mol. The van der Waals surface area contributed by atoms with E-state index in [2.05, 4.69) is 6.58 Å². The van der Waals surface area contributed by atoms with Crippen LogP contribution in [0.25, 0.3) is 10.5 Å². The van der Waals surface area contributed by atoms with Crippen molar-refractivity contribution >= 4 is 26.3 Å². The molecule has 136 valence electrons. The summed E-state index contributed by atoms with van der Waals surface area (Å²) in [5, 5.41) is 8.82. The number of aliphatic carboxylic acids is 1. The van der Waals surface area contributed by atoms with E-state index in [0.29, 0.717) is 0 Å². The lowest BCUT2D eigenvalue weighted by Gasteiger charge is -2.10. The third-order valence-corrected chi connectivity index (χ3v) is 5.44. The van der Waals surface area contributed by atoms with Crippen LogP contribution in [0.5, 0.6) is 0 Å². The summed E-state index contributed by atoms with van der Waals surface area (Å²) < 4.78 is 64.2. The van der Waals surface area contributed by atoms with Crippen LogP contribution in [0.15, 0.2) is 60.0 Å². The zero-order valence-corrected chi connectivity index (χ0v) is 14.3. The first-order valence-electron chi connectivity index (χ1n) is 7.15. The molecule has 0 aliphatic heterocycles. The number of hydrogen-bond donors (Lipinski definition) is 1. The van der Waals surface area contributed by atoms with Crippen LogP contribution in [0, 0.1) is 12.7 Å². The largest absolute Gasteiger partial charge is 0.477 e. The van der Waals surface area contributed by atoms with E-state index in [4.69, 9.17) is 5.11 Å². The lowest BCUT2D eigenvalue weighted by Crippen LogP contribution is -2.05. The maximum absolute atomic E-state index is 13.6. The molecular weight excluding hydrogens is 369 g/mol. The second-order valence-electron chi connectivity index (χ2n) is 5.36. The molecular formula is C18H13F3O4S. The minimum atomic E-state index is -4.11. The molecule has 0 amide bonds. The Bertz CT molecular complexity index is 1020. The second kappa shape index (κ2) is 7.17. The van der Waals surface area contributed by atoms with Crippen LogP contribution in [0.4, 0.5) is 13.2 Å². The molecule has 1 N–H and O–H groups in total. The maximum Gasteiger partial charge on any atom is 0.341 e. The highest BCUT2D eigenvalue weighted by Crippen LogP contribution is 2.29. The van der Waals surface area contributed by atoms with Gasteiger partial charge in [-0.15, -0.1) is 0 Å². The molecule has 0 spiro atoms. The first kappa shape index (κ1) is 19.5. The third-order valence-electron chi connectivity index (χ3n) is 3.68. The first-order chi connectivity index (χ1) is 12.1. The molecule has 0 aliphatic rings. The number of hydrogen-bond acceptors (Lipinski definition) is 3. The van der Waals surface area contributed by atoms with Crippen LogP contribution in [0.3, 0.4) is 0 Å². The number of halogens is 3. The smallest absolute Gasteiger partial charge is 0.341 e. The van der Waals surface area contributed by atoms with Crippen LogP contribution < -0.4 is 0 Å². The normalized spacial score (nSPS) is 11.1. The fourth-order valence-corrected chi connectivity index (χ4v) is 3.41. The maximum atomic E-state index is 13.6. The van der Waals surface area contributed by atoms with Gasteiger partial charge in [-0.25, -0.2) is 17.6 Å². The quantitative estimate of drug-likeness (QED) is 0.784. The van der Waals surface area contributed by atoms with E-state index >= 15 is 0 Å². The second-order valence-corrected chi connectivity index (χ2v) is 7.33. The number of carbonyl (C=O) groups is 1. The van der Waals surface area contributed by atoms with Gasteiger partial charge in [-0.05, 0) is 35.7 Å². The summed E-state index contributed by atoms with van der Waals surface area (Å²) in [6.45, 7) is 4.97. The standard InChI is InChI=1S/C18H13F3O4S/c1-10-3-8-14(9-15(10)19)26(24,25)11(2)12-4-6-13(7-5-12)16(17(20)21)18(22)23/h3-9H,2H2,1H3,(H,22,23). The van der Waals surface area contributed by atoms with Crippen molar-refractivity contribution in [1.29, 1.82) is 0 Å². The lowest BCUT2D eigenvalue weighted by atomic mass is 10.1. The average Bonchev–Trinajstić information content (AvgIpc) is 2.56. The van der Waals surface area contributed by atoms with Gasteiger partial charge >= 0.3 is 5.97 Å². The topological polar surface area (TPSA) is 71.4 Å². The minimum absolute atomic E-state index is 0.0683. The van der Waals surface area contributed by atoms with E-state index < -0.39 is 33.3 Å². The summed E-state index contributed by atoms with van der Waals surface area (Å²) in [5.41, 5.74) is -1.11. The summed E-state index contributed by atoms with van der Waals surface area (Å²) in [5.74, 6) is -2.50. The van der Waals surface area contributed by atoms with Gasteiger partial charge in [0, 0.05) is 0 Å². The molecule has 0 aromatic heterocycles. The molecule has 0 atom stereocenters.